The summed E-state index contributed by atoms with van der Waals surface area (Å²) in [7, 11) is 0. The van der Waals surface area contributed by atoms with Gasteiger partial charge in [0.1, 0.15) is 5.69 Å². The molecule has 4 heteroatoms. The van der Waals surface area contributed by atoms with Crippen molar-refractivity contribution in [1.29, 1.82) is 0 Å². The number of carbonyl (C=O) groups excluding carboxylic acids is 1. The van der Waals surface area contributed by atoms with Crippen LogP contribution in [0.25, 0.3) is 0 Å². The Kier molecular flexibility index (Phi) is 2.66. The van der Waals surface area contributed by atoms with Crippen molar-refractivity contribution in [2.75, 3.05) is 11.4 Å². The number of carbonyl (C=O) groups is 1. The maximum atomic E-state index is 12.3. The fourth-order valence-electron chi connectivity index (χ4n) is 2.19. The molecule has 0 radical (unpaired) electrons. The van der Waals surface area contributed by atoms with Crippen LogP contribution < -0.4 is 4.90 Å². The van der Waals surface area contributed by atoms with Gasteiger partial charge < -0.3 is 9.88 Å². The van der Waals surface area contributed by atoms with Crippen LogP contribution in [0.2, 0.25) is 0 Å². The second kappa shape index (κ2) is 4.18. The molecule has 2 heterocycles. The Morgan fingerprint density at radius 1 is 1.35 bits per heavy atom. The predicted molar refractivity (Wildman–Crippen MR) is 75.3 cm³/mol. The number of H-pyrrole nitrogens is 1. The van der Waals surface area contributed by atoms with Gasteiger partial charge in [-0.3, -0.25) is 4.79 Å². The van der Waals surface area contributed by atoms with Gasteiger partial charge in [-0.1, -0.05) is 18.2 Å². The lowest BCUT2D eigenvalue weighted by Gasteiger charge is -2.16. The van der Waals surface area contributed by atoms with E-state index in [9.17, 15) is 4.79 Å². The largest absolute Gasteiger partial charge is 0.356 e. The van der Waals surface area contributed by atoms with E-state index in [1.165, 1.54) is 5.56 Å². The maximum absolute atomic E-state index is 12.3. The van der Waals surface area contributed by atoms with Crippen LogP contribution in [0.1, 0.15) is 16.1 Å². The number of hydrogen-bond donors (Lipinski definition) is 1. The molecule has 1 aliphatic heterocycles. The van der Waals surface area contributed by atoms with Crippen molar-refractivity contribution in [3.05, 3.63) is 51.4 Å². The van der Waals surface area contributed by atoms with Gasteiger partial charge in [0.05, 0.1) is 0 Å². The molecular weight excluding hydrogens is 327 g/mol. The SMILES string of the molecule is O=C(c1cc(I)c[nH]1)N1CCc2ccccc21. The Labute approximate surface area is 113 Å². The van der Waals surface area contributed by atoms with Crippen LogP contribution in [0.3, 0.4) is 0 Å². The number of halogens is 1. The third-order valence-corrected chi connectivity index (χ3v) is 3.63. The first-order valence-corrected chi connectivity index (χ1v) is 6.57. The van der Waals surface area contributed by atoms with E-state index in [2.05, 4.69) is 33.6 Å². The molecule has 0 bridgehead atoms. The number of aromatic nitrogens is 1. The summed E-state index contributed by atoms with van der Waals surface area (Å²) in [6, 6.07) is 9.96. The molecule has 17 heavy (non-hydrogen) atoms. The number of nitrogens with one attached hydrogen (secondary N) is 1. The monoisotopic (exact) mass is 338 g/mol. The summed E-state index contributed by atoms with van der Waals surface area (Å²) in [4.78, 5) is 17.2. The smallest absolute Gasteiger partial charge is 0.274 e. The summed E-state index contributed by atoms with van der Waals surface area (Å²) in [5.74, 6) is 0.0536. The van der Waals surface area contributed by atoms with Crippen LogP contribution in [-0.4, -0.2) is 17.4 Å². The molecule has 0 saturated heterocycles. The van der Waals surface area contributed by atoms with Crippen LogP contribution >= 0.6 is 22.6 Å². The predicted octanol–water partition coefficient (Wildman–Crippen LogP) is 2.82. The number of nitrogens with zero attached hydrogens (tertiary/aromatic N) is 1. The van der Waals surface area contributed by atoms with Crippen molar-refractivity contribution in [2.45, 2.75) is 6.42 Å². The molecule has 1 aromatic carbocycles. The molecule has 0 spiro atoms. The molecule has 0 atom stereocenters. The van der Waals surface area contributed by atoms with E-state index in [1.807, 2.05) is 35.4 Å². The standard InChI is InChI=1S/C13H11IN2O/c14-10-7-11(15-8-10)13(17)16-6-5-9-3-1-2-4-12(9)16/h1-4,7-8,15H,5-6H2. The summed E-state index contributed by atoms with van der Waals surface area (Å²) < 4.78 is 1.05. The van der Waals surface area contributed by atoms with Crippen LogP contribution in [-0.2, 0) is 6.42 Å². The lowest BCUT2D eigenvalue weighted by Crippen LogP contribution is -2.29. The van der Waals surface area contributed by atoms with Gasteiger partial charge in [0.15, 0.2) is 0 Å². The maximum Gasteiger partial charge on any atom is 0.274 e. The van der Waals surface area contributed by atoms with Crippen molar-refractivity contribution in [2.24, 2.45) is 0 Å². The highest BCUT2D eigenvalue weighted by molar-refractivity contribution is 14.1. The topological polar surface area (TPSA) is 36.1 Å². The van der Waals surface area contributed by atoms with Gasteiger partial charge in [0, 0.05) is 22.0 Å². The molecule has 1 aromatic heterocycles. The summed E-state index contributed by atoms with van der Waals surface area (Å²) in [6.45, 7) is 0.772. The van der Waals surface area contributed by atoms with Gasteiger partial charge in [-0.15, -0.1) is 0 Å². The number of rotatable bonds is 1. The van der Waals surface area contributed by atoms with Crippen molar-refractivity contribution in [1.82, 2.24) is 4.98 Å². The van der Waals surface area contributed by atoms with Crippen LogP contribution in [0, 0.1) is 3.57 Å². The fourth-order valence-corrected chi connectivity index (χ4v) is 2.65. The first-order chi connectivity index (χ1) is 8.25. The van der Waals surface area contributed by atoms with Crippen molar-refractivity contribution in [3.63, 3.8) is 0 Å². The molecular formula is C13H11IN2O. The number of amides is 1. The van der Waals surface area contributed by atoms with E-state index < -0.39 is 0 Å². The minimum Gasteiger partial charge on any atom is -0.356 e. The Hall–Kier alpha value is -1.30. The third kappa shape index (κ3) is 1.86. The summed E-state index contributed by atoms with van der Waals surface area (Å²) >= 11 is 2.20. The van der Waals surface area contributed by atoms with Crippen molar-refractivity contribution >= 4 is 34.2 Å². The molecule has 3 rings (SSSR count). The molecule has 1 aliphatic rings. The number of hydrogen-bond acceptors (Lipinski definition) is 1. The summed E-state index contributed by atoms with van der Waals surface area (Å²) in [5.41, 5.74) is 2.95. The Bertz CT molecular complexity index is 576. The Balaban J connectivity index is 1.95. The lowest BCUT2D eigenvalue weighted by atomic mass is 10.2. The molecule has 2 aromatic rings. The van der Waals surface area contributed by atoms with E-state index in [0.717, 1.165) is 22.2 Å². The quantitative estimate of drug-likeness (QED) is 0.798. The van der Waals surface area contributed by atoms with E-state index in [-0.39, 0.29) is 5.91 Å². The zero-order chi connectivity index (χ0) is 11.8. The number of aromatic amines is 1. The van der Waals surface area contributed by atoms with Gasteiger partial charge in [-0.2, -0.15) is 0 Å². The molecule has 0 saturated carbocycles. The van der Waals surface area contributed by atoms with Gasteiger partial charge in [-0.05, 0) is 46.7 Å². The average molecular weight is 338 g/mol. The van der Waals surface area contributed by atoms with E-state index in [1.54, 1.807) is 0 Å². The van der Waals surface area contributed by atoms with E-state index >= 15 is 0 Å². The third-order valence-electron chi connectivity index (χ3n) is 3.01. The molecule has 1 N–H and O–H groups in total. The molecule has 86 valence electrons. The van der Waals surface area contributed by atoms with Crippen molar-refractivity contribution in [3.8, 4) is 0 Å². The molecule has 1 amide bonds. The number of anilines is 1. The molecule has 3 nitrogen and oxygen atoms in total. The zero-order valence-electron chi connectivity index (χ0n) is 9.11. The molecule has 0 fully saturated rings. The second-order valence-corrected chi connectivity index (χ2v) is 5.31. The van der Waals surface area contributed by atoms with Crippen LogP contribution in [0.5, 0.6) is 0 Å². The highest BCUT2D eigenvalue weighted by Crippen LogP contribution is 2.28. The molecule has 0 aliphatic carbocycles. The number of fused-ring (bicyclic) bond motifs is 1. The highest BCUT2D eigenvalue weighted by atomic mass is 127. The first kappa shape index (κ1) is 10.8. The number of benzene rings is 1. The lowest BCUT2D eigenvalue weighted by molar-refractivity contribution is 0.0985. The normalized spacial score (nSPS) is 13.8. The van der Waals surface area contributed by atoms with Crippen molar-refractivity contribution < 1.29 is 4.79 Å². The first-order valence-electron chi connectivity index (χ1n) is 5.49. The van der Waals surface area contributed by atoms with Gasteiger partial charge in [0.25, 0.3) is 5.91 Å². The Morgan fingerprint density at radius 3 is 2.94 bits per heavy atom. The number of para-hydroxylation sites is 1. The summed E-state index contributed by atoms with van der Waals surface area (Å²) in [6.07, 6.45) is 2.79. The van der Waals surface area contributed by atoms with Gasteiger partial charge >= 0.3 is 0 Å². The minimum atomic E-state index is 0.0536. The molecule has 0 unspecified atom stereocenters. The summed E-state index contributed by atoms with van der Waals surface area (Å²) in [5, 5.41) is 0. The van der Waals surface area contributed by atoms with E-state index in [4.69, 9.17) is 0 Å². The van der Waals surface area contributed by atoms with Crippen LogP contribution in [0.4, 0.5) is 5.69 Å². The second-order valence-electron chi connectivity index (χ2n) is 4.07. The van der Waals surface area contributed by atoms with Gasteiger partial charge in [0.2, 0.25) is 0 Å². The highest BCUT2D eigenvalue weighted by Gasteiger charge is 2.25. The zero-order valence-corrected chi connectivity index (χ0v) is 11.3. The minimum absolute atomic E-state index is 0.0536. The fraction of sp³-hybridized carbons (Fsp3) is 0.154. The van der Waals surface area contributed by atoms with Gasteiger partial charge in [-0.25, -0.2) is 0 Å². The Morgan fingerprint density at radius 2 is 2.18 bits per heavy atom. The van der Waals surface area contributed by atoms with E-state index in [0.29, 0.717) is 5.69 Å². The van der Waals surface area contributed by atoms with Crippen LogP contribution in [0.15, 0.2) is 36.5 Å². The average Bonchev–Trinajstić information content (AvgIpc) is 2.94.